The van der Waals surface area contributed by atoms with Gasteiger partial charge in [-0.3, -0.25) is 4.90 Å². The maximum Gasteiger partial charge on any atom is 0.405 e. The third kappa shape index (κ3) is 4.62. The zero-order valence-corrected chi connectivity index (χ0v) is 11.6. The van der Waals surface area contributed by atoms with Gasteiger partial charge in [0.15, 0.2) is 6.39 Å². The molecular weight excluding hydrogens is 289 g/mol. The Bertz CT molecular complexity index is 481. The summed E-state index contributed by atoms with van der Waals surface area (Å²) in [5, 5.41) is 1.88. The molecule has 0 spiro atoms. The van der Waals surface area contributed by atoms with E-state index in [0.29, 0.717) is 32.7 Å². The quantitative estimate of drug-likeness (QED) is 0.916. The summed E-state index contributed by atoms with van der Waals surface area (Å²) < 4.78 is 41.2. The van der Waals surface area contributed by atoms with Crippen LogP contribution in [0.3, 0.4) is 0 Å². The maximum atomic E-state index is 12.0. The lowest BCUT2D eigenvalue weighted by Gasteiger charge is -2.34. The summed E-state index contributed by atoms with van der Waals surface area (Å²) in [7, 11) is 0. The van der Waals surface area contributed by atoms with Crippen molar-refractivity contribution in [2.24, 2.45) is 0 Å². The highest BCUT2D eigenvalue weighted by atomic mass is 19.4. The number of rotatable bonds is 3. The fourth-order valence-corrected chi connectivity index (χ4v) is 2.09. The van der Waals surface area contributed by atoms with Gasteiger partial charge >= 0.3 is 12.2 Å². The van der Waals surface area contributed by atoms with Crippen molar-refractivity contribution >= 4 is 6.03 Å². The SMILES string of the molecule is Cc1ocnc1CN1CCN(C(=O)NCC(F)(F)F)CC1. The van der Waals surface area contributed by atoms with E-state index in [0.717, 1.165) is 11.5 Å². The van der Waals surface area contributed by atoms with Crippen molar-refractivity contribution in [3.05, 3.63) is 17.8 Å². The molecule has 1 aromatic rings. The molecule has 0 bridgehead atoms. The predicted molar refractivity (Wildman–Crippen MR) is 67.5 cm³/mol. The number of nitrogens with one attached hydrogen (secondary N) is 1. The summed E-state index contributed by atoms with van der Waals surface area (Å²) in [6, 6.07) is -0.676. The fraction of sp³-hybridized carbons (Fsp3) is 0.667. The first-order chi connectivity index (χ1) is 9.85. The molecule has 21 heavy (non-hydrogen) atoms. The van der Waals surface area contributed by atoms with E-state index in [1.807, 2.05) is 12.2 Å². The average Bonchev–Trinajstić information content (AvgIpc) is 2.82. The fourth-order valence-electron chi connectivity index (χ4n) is 2.09. The van der Waals surface area contributed by atoms with E-state index >= 15 is 0 Å². The number of hydrogen-bond donors (Lipinski definition) is 1. The molecule has 1 N–H and O–H groups in total. The lowest BCUT2D eigenvalue weighted by Crippen LogP contribution is -2.52. The predicted octanol–water partition coefficient (Wildman–Crippen LogP) is 1.37. The Morgan fingerprint density at radius 2 is 2.05 bits per heavy atom. The Hall–Kier alpha value is -1.77. The van der Waals surface area contributed by atoms with Crippen molar-refractivity contribution in [1.29, 1.82) is 0 Å². The van der Waals surface area contributed by atoms with E-state index in [1.165, 1.54) is 11.3 Å². The van der Waals surface area contributed by atoms with Crippen LogP contribution in [0.15, 0.2) is 10.8 Å². The number of urea groups is 1. The molecule has 1 aliphatic heterocycles. The standard InChI is InChI=1S/C12H17F3N4O2/c1-9-10(17-8-21-9)6-18-2-4-19(5-3-18)11(20)16-7-12(13,14)15/h8H,2-7H2,1H3,(H,16,20). The molecule has 2 amide bonds. The highest BCUT2D eigenvalue weighted by Crippen LogP contribution is 2.13. The molecule has 2 heterocycles. The Balaban J connectivity index is 1.75. The summed E-state index contributed by atoms with van der Waals surface area (Å²) >= 11 is 0. The minimum Gasteiger partial charge on any atom is -0.448 e. The van der Waals surface area contributed by atoms with Crippen LogP contribution in [0.1, 0.15) is 11.5 Å². The van der Waals surface area contributed by atoms with E-state index in [1.54, 1.807) is 0 Å². The van der Waals surface area contributed by atoms with Crippen LogP contribution in [0, 0.1) is 6.92 Å². The summed E-state index contributed by atoms with van der Waals surface area (Å²) in [5.41, 5.74) is 0.838. The van der Waals surface area contributed by atoms with Gasteiger partial charge in [0, 0.05) is 32.7 Å². The average molecular weight is 306 g/mol. The lowest BCUT2D eigenvalue weighted by atomic mass is 10.3. The van der Waals surface area contributed by atoms with Gasteiger partial charge in [0.2, 0.25) is 0 Å². The Morgan fingerprint density at radius 1 is 1.38 bits per heavy atom. The van der Waals surface area contributed by atoms with Crippen LogP contribution in [-0.4, -0.2) is 59.7 Å². The zero-order valence-electron chi connectivity index (χ0n) is 11.6. The molecular formula is C12H17F3N4O2. The molecule has 118 valence electrons. The smallest absolute Gasteiger partial charge is 0.405 e. The van der Waals surface area contributed by atoms with Gasteiger partial charge in [0.1, 0.15) is 12.3 Å². The van der Waals surface area contributed by atoms with Crippen molar-refractivity contribution in [3.63, 3.8) is 0 Å². The highest BCUT2D eigenvalue weighted by Gasteiger charge is 2.29. The molecule has 6 nitrogen and oxygen atoms in total. The number of amides is 2. The number of nitrogens with zero attached hydrogens (tertiary/aromatic N) is 3. The monoisotopic (exact) mass is 306 g/mol. The normalized spacial score (nSPS) is 17.0. The summed E-state index contributed by atoms with van der Waals surface area (Å²) in [6.45, 7) is 3.09. The summed E-state index contributed by atoms with van der Waals surface area (Å²) in [5.74, 6) is 0.750. The van der Waals surface area contributed by atoms with Gasteiger partial charge < -0.3 is 14.6 Å². The van der Waals surface area contributed by atoms with Gasteiger partial charge in [0.25, 0.3) is 0 Å². The third-order valence-electron chi connectivity index (χ3n) is 3.32. The number of oxazole rings is 1. The topological polar surface area (TPSA) is 61.6 Å². The second-order valence-electron chi connectivity index (χ2n) is 4.89. The van der Waals surface area contributed by atoms with Crippen LogP contribution in [0.5, 0.6) is 0 Å². The van der Waals surface area contributed by atoms with Crippen LogP contribution >= 0.6 is 0 Å². The Morgan fingerprint density at radius 3 is 2.57 bits per heavy atom. The van der Waals surface area contributed by atoms with Crippen LogP contribution in [-0.2, 0) is 6.54 Å². The van der Waals surface area contributed by atoms with E-state index in [-0.39, 0.29) is 0 Å². The first-order valence-corrected chi connectivity index (χ1v) is 6.56. The van der Waals surface area contributed by atoms with Crippen LogP contribution in [0.25, 0.3) is 0 Å². The molecule has 1 aliphatic rings. The molecule has 9 heteroatoms. The summed E-state index contributed by atoms with van der Waals surface area (Å²) in [6.07, 6.45) is -3.01. The van der Waals surface area contributed by atoms with Crippen molar-refractivity contribution in [2.45, 2.75) is 19.6 Å². The van der Waals surface area contributed by atoms with Crippen molar-refractivity contribution in [2.75, 3.05) is 32.7 Å². The molecule has 1 aromatic heterocycles. The third-order valence-corrected chi connectivity index (χ3v) is 3.32. The number of carbonyl (C=O) groups is 1. The summed E-state index contributed by atoms with van der Waals surface area (Å²) in [4.78, 5) is 19.2. The Labute approximate surface area is 119 Å². The van der Waals surface area contributed by atoms with Crippen LogP contribution in [0.4, 0.5) is 18.0 Å². The second-order valence-corrected chi connectivity index (χ2v) is 4.89. The molecule has 0 saturated carbocycles. The van der Waals surface area contributed by atoms with Crippen molar-refractivity contribution < 1.29 is 22.4 Å². The van der Waals surface area contributed by atoms with E-state index in [2.05, 4.69) is 9.88 Å². The largest absolute Gasteiger partial charge is 0.448 e. The van der Waals surface area contributed by atoms with Crippen LogP contribution < -0.4 is 5.32 Å². The number of aromatic nitrogens is 1. The van der Waals surface area contributed by atoms with E-state index < -0.39 is 18.8 Å². The molecule has 1 fully saturated rings. The van der Waals surface area contributed by atoms with Crippen molar-refractivity contribution in [3.8, 4) is 0 Å². The van der Waals surface area contributed by atoms with Gasteiger partial charge in [0.05, 0.1) is 5.69 Å². The molecule has 0 aromatic carbocycles. The minimum atomic E-state index is -4.39. The van der Waals surface area contributed by atoms with Crippen molar-refractivity contribution in [1.82, 2.24) is 20.1 Å². The van der Waals surface area contributed by atoms with E-state index in [9.17, 15) is 18.0 Å². The molecule has 0 atom stereocenters. The first kappa shape index (κ1) is 15.6. The van der Waals surface area contributed by atoms with Gasteiger partial charge in [-0.2, -0.15) is 13.2 Å². The maximum absolute atomic E-state index is 12.0. The van der Waals surface area contributed by atoms with Crippen LogP contribution in [0.2, 0.25) is 0 Å². The highest BCUT2D eigenvalue weighted by molar-refractivity contribution is 5.74. The number of aryl methyl sites for hydroxylation is 1. The second kappa shape index (κ2) is 6.33. The lowest BCUT2D eigenvalue weighted by molar-refractivity contribution is -0.123. The van der Waals surface area contributed by atoms with Gasteiger partial charge in [-0.1, -0.05) is 0 Å². The van der Waals surface area contributed by atoms with E-state index in [4.69, 9.17) is 4.42 Å². The Kier molecular flexibility index (Phi) is 4.71. The number of alkyl halides is 3. The molecule has 2 rings (SSSR count). The van der Waals surface area contributed by atoms with Gasteiger partial charge in [-0.05, 0) is 6.92 Å². The number of carbonyl (C=O) groups excluding carboxylic acids is 1. The minimum absolute atomic E-state index is 0.389. The zero-order chi connectivity index (χ0) is 15.5. The van der Waals surface area contributed by atoms with Gasteiger partial charge in [-0.15, -0.1) is 0 Å². The number of hydrogen-bond acceptors (Lipinski definition) is 4. The molecule has 0 unspecified atom stereocenters. The molecule has 1 saturated heterocycles. The molecule has 0 radical (unpaired) electrons. The van der Waals surface area contributed by atoms with Gasteiger partial charge in [-0.25, -0.2) is 9.78 Å². The molecule has 0 aliphatic carbocycles. The number of piperazine rings is 1. The number of halogens is 3. The first-order valence-electron chi connectivity index (χ1n) is 6.56.